The molecule has 1 aliphatic heterocycles. The van der Waals surface area contributed by atoms with E-state index in [-0.39, 0.29) is 17.9 Å². The first-order valence-electron chi connectivity index (χ1n) is 9.20. The molecule has 1 rings (SSSR count). The number of hydrogen-bond acceptors (Lipinski definition) is 3. The molecule has 0 aromatic heterocycles. The molecule has 0 fully saturated rings. The number of carbonyl (C=O) groups is 2. The Morgan fingerprint density at radius 1 is 1.17 bits per heavy atom. The molecule has 1 aliphatic rings. The van der Waals surface area contributed by atoms with E-state index in [0.717, 1.165) is 24.8 Å². The number of hydrogen-bond donors (Lipinski definition) is 1. The second-order valence-corrected chi connectivity index (χ2v) is 6.54. The van der Waals surface area contributed by atoms with Crippen LogP contribution in [0, 0.1) is 5.92 Å². The fourth-order valence-electron chi connectivity index (χ4n) is 2.91. The Morgan fingerprint density at radius 3 is 2.43 bits per heavy atom. The third-order valence-corrected chi connectivity index (χ3v) is 4.59. The van der Waals surface area contributed by atoms with Crippen LogP contribution in [0.15, 0.2) is 11.6 Å². The lowest BCUT2D eigenvalue weighted by atomic mass is 9.98. The molecular weight excluding hydrogens is 290 g/mol. The normalized spacial score (nSPS) is 27.8. The molecular formula is C19H33NO3. The van der Waals surface area contributed by atoms with Gasteiger partial charge in [-0.1, -0.05) is 50.2 Å². The summed E-state index contributed by atoms with van der Waals surface area (Å²) in [5.74, 6) is -1.25. The van der Waals surface area contributed by atoms with Crippen molar-refractivity contribution in [1.82, 2.24) is 5.32 Å². The van der Waals surface area contributed by atoms with Crippen LogP contribution < -0.4 is 5.32 Å². The van der Waals surface area contributed by atoms with E-state index >= 15 is 0 Å². The minimum atomic E-state index is -0.671. The molecule has 0 saturated heterocycles. The molecule has 0 spiro atoms. The van der Waals surface area contributed by atoms with E-state index in [1.807, 2.05) is 13.8 Å². The predicted octanol–water partition coefficient (Wildman–Crippen LogP) is 4.14. The van der Waals surface area contributed by atoms with Gasteiger partial charge in [0.05, 0.1) is 6.61 Å². The molecule has 2 atom stereocenters. The van der Waals surface area contributed by atoms with Crippen molar-refractivity contribution in [2.75, 3.05) is 6.61 Å². The summed E-state index contributed by atoms with van der Waals surface area (Å²) in [6.45, 7) is 6.11. The third-order valence-electron chi connectivity index (χ3n) is 4.59. The van der Waals surface area contributed by atoms with Crippen LogP contribution in [0.3, 0.4) is 0 Å². The highest BCUT2D eigenvalue weighted by atomic mass is 16.5. The Hall–Kier alpha value is -1.32. The maximum Gasteiger partial charge on any atom is 0.318 e. The van der Waals surface area contributed by atoms with Crippen molar-refractivity contribution in [2.24, 2.45) is 5.92 Å². The summed E-state index contributed by atoms with van der Waals surface area (Å²) >= 11 is 0. The fraction of sp³-hybridized carbons (Fsp3) is 0.789. The molecule has 2 unspecified atom stereocenters. The summed E-state index contributed by atoms with van der Waals surface area (Å²) in [5.41, 5.74) is 1.16. The maximum atomic E-state index is 12.5. The lowest BCUT2D eigenvalue weighted by Crippen LogP contribution is -2.41. The minimum absolute atomic E-state index is 0.0374. The Bertz CT molecular complexity index is 403. The van der Waals surface area contributed by atoms with Gasteiger partial charge in [-0.3, -0.25) is 9.59 Å². The maximum absolute atomic E-state index is 12.5. The molecule has 23 heavy (non-hydrogen) atoms. The Labute approximate surface area is 141 Å². The van der Waals surface area contributed by atoms with Crippen LogP contribution in [0.2, 0.25) is 0 Å². The average Bonchev–Trinajstić information content (AvgIpc) is 2.51. The van der Waals surface area contributed by atoms with E-state index in [0.29, 0.717) is 13.0 Å². The minimum Gasteiger partial charge on any atom is -0.465 e. The van der Waals surface area contributed by atoms with Crippen molar-refractivity contribution in [3.63, 3.8) is 0 Å². The summed E-state index contributed by atoms with van der Waals surface area (Å²) in [6, 6.07) is -0.0374. The number of carbonyl (C=O) groups excluding carboxylic acids is 2. The van der Waals surface area contributed by atoms with Crippen LogP contribution in [0.4, 0.5) is 0 Å². The summed E-state index contributed by atoms with van der Waals surface area (Å²) in [6.07, 6.45) is 12.0. The first kappa shape index (κ1) is 19.7. The Balaban J connectivity index is 2.75. The molecule has 0 aromatic carbocycles. The van der Waals surface area contributed by atoms with Gasteiger partial charge < -0.3 is 10.1 Å². The molecule has 0 aromatic rings. The van der Waals surface area contributed by atoms with Gasteiger partial charge in [-0.05, 0) is 40.0 Å². The van der Waals surface area contributed by atoms with E-state index in [2.05, 4.69) is 11.4 Å². The SMILES string of the molecule is CCOC(=O)C1CCCCCCCCC/C=C(\C)C(C)NC1=O. The summed E-state index contributed by atoms with van der Waals surface area (Å²) < 4.78 is 5.09. The van der Waals surface area contributed by atoms with Crippen LogP contribution in [0.25, 0.3) is 0 Å². The number of nitrogens with one attached hydrogen (secondary N) is 1. The second-order valence-electron chi connectivity index (χ2n) is 6.54. The third kappa shape index (κ3) is 7.67. The van der Waals surface area contributed by atoms with Gasteiger partial charge in [0.25, 0.3) is 0 Å². The number of esters is 1. The molecule has 0 saturated carbocycles. The van der Waals surface area contributed by atoms with Gasteiger partial charge in [-0.15, -0.1) is 0 Å². The van der Waals surface area contributed by atoms with Gasteiger partial charge in [0.15, 0.2) is 0 Å². The molecule has 0 bridgehead atoms. The topological polar surface area (TPSA) is 55.4 Å². The van der Waals surface area contributed by atoms with Gasteiger partial charge in [-0.25, -0.2) is 0 Å². The largest absolute Gasteiger partial charge is 0.465 e. The highest BCUT2D eigenvalue weighted by Gasteiger charge is 2.28. The summed E-state index contributed by atoms with van der Waals surface area (Å²) in [5, 5.41) is 2.98. The highest BCUT2D eigenvalue weighted by Crippen LogP contribution is 2.17. The van der Waals surface area contributed by atoms with Crippen molar-refractivity contribution in [3.05, 3.63) is 11.6 Å². The molecule has 1 N–H and O–H groups in total. The zero-order chi connectivity index (χ0) is 17.1. The number of rotatable bonds is 2. The lowest BCUT2D eigenvalue weighted by Gasteiger charge is -2.20. The van der Waals surface area contributed by atoms with Gasteiger partial charge >= 0.3 is 5.97 Å². The van der Waals surface area contributed by atoms with Crippen molar-refractivity contribution < 1.29 is 14.3 Å². The van der Waals surface area contributed by atoms with Gasteiger partial charge in [0, 0.05) is 6.04 Å². The number of amides is 1. The van der Waals surface area contributed by atoms with E-state index in [4.69, 9.17) is 4.74 Å². The second kappa shape index (κ2) is 11.3. The highest BCUT2D eigenvalue weighted by molar-refractivity contribution is 5.98. The summed E-state index contributed by atoms with van der Waals surface area (Å²) in [4.78, 5) is 24.6. The van der Waals surface area contributed by atoms with E-state index in [9.17, 15) is 9.59 Å². The lowest BCUT2D eigenvalue weighted by molar-refractivity contribution is -0.152. The first-order chi connectivity index (χ1) is 11.1. The van der Waals surface area contributed by atoms with Crippen molar-refractivity contribution >= 4 is 11.9 Å². The van der Waals surface area contributed by atoms with Crippen molar-refractivity contribution in [2.45, 2.75) is 84.6 Å². The van der Waals surface area contributed by atoms with Crippen LogP contribution in [0.1, 0.15) is 78.6 Å². The van der Waals surface area contributed by atoms with Crippen LogP contribution in [-0.4, -0.2) is 24.5 Å². The van der Waals surface area contributed by atoms with Gasteiger partial charge in [-0.2, -0.15) is 0 Å². The molecule has 4 heteroatoms. The Kier molecular flexibility index (Phi) is 9.65. The standard InChI is InChI=1S/C19H33NO3/c1-4-23-19(22)17-14-12-10-8-6-5-7-9-11-13-15(2)16(3)20-18(17)21/h13,16-17H,4-12,14H2,1-3H3,(H,20,21)/b15-13+. The van der Waals surface area contributed by atoms with E-state index in [1.165, 1.54) is 32.1 Å². The fourth-order valence-corrected chi connectivity index (χ4v) is 2.91. The molecule has 0 aliphatic carbocycles. The first-order valence-corrected chi connectivity index (χ1v) is 9.20. The van der Waals surface area contributed by atoms with Crippen LogP contribution in [-0.2, 0) is 14.3 Å². The quantitative estimate of drug-likeness (QED) is 0.472. The van der Waals surface area contributed by atoms with Crippen molar-refractivity contribution in [1.29, 1.82) is 0 Å². The molecule has 1 heterocycles. The van der Waals surface area contributed by atoms with E-state index < -0.39 is 5.92 Å². The number of allylic oxidation sites excluding steroid dienone is 1. The zero-order valence-electron chi connectivity index (χ0n) is 15.0. The smallest absolute Gasteiger partial charge is 0.318 e. The average molecular weight is 323 g/mol. The summed E-state index contributed by atoms with van der Waals surface area (Å²) in [7, 11) is 0. The van der Waals surface area contributed by atoms with Gasteiger partial charge in [0.1, 0.15) is 5.92 Å². The van der Waals surface area contributed by atoms with Crippen LogP contribution in [0.5, 0.6) is 0 Å². The monoisotopic (exact) mass is 323 g/mol. The van der Waals surface area contributed by atoms with Crippen molar-refractivity contribution in [3.8, 4) is 0 Å². The predicted molar refractivity (Wildman–Crippen MR) is 93.0 cm³/mol. The molecule has 4 nitrogen and oxygen atoms in total. The Morgan fingerprint density at radius 2 is 1.78 bits per heavy atom. The zero-order valence-corrected chi connectivity index (χ0v) is 15.0. The molecule has 1 amide bonds. The number of ether oxygens (including phenoxy) is 1. The molecule has 132 valence electrons. The molecule has 0 radical (unpaired) electrons. The van der Waals surface area contributed by atoms with Crippen LogP contribution >= 0.6 is 0 Å². The van der Waals surface area contributed by atoms with Gasteiger partial charge in [0.2, 0.25) is 5.91 Å². The van der Waals surface area contributed by atoms with E-state index in [1.54, 1.807) is 6.92 Å².